The van der Waals surface area contributed by atoms with Crippen molar-refractivity contribution in [1.82, 2.24) is 20.1 Å². The summed E-state index contributed by atoms with van der Waals surface area (Å²) in [7, 11) is 3.39. The summed E-state index contributed by atoms with van der Waals surface area (Å²) in [5.74, 6) is 0.647. The summed E-state index contributed by atoms with van der Waals surface area (Å²) >= 11 is 2.70. The number of fused-ring (bicyclic) bond motifs is 1. The number of thioether (sulfide) groups is 1. The molecule has 0 bridgehead atoms. The summed E-state index contributed by atoms with van der Waals surface area (Å²) in [5.41, 5.74) is 2.38. The zero-order chi connectivity index (χ0) is 27.1. The highest BCUT2D eigenvalue weighted by Crippen LogP contribution is 2.38. The van der Waals surface area contributed by atoms with Gasteiger partial charge in [0.25, 0.3) is 0 Å². The Morgan fingerprint density at radius 3 is 2.61 bits per heavy atom. The van der Waals surface area contributed by atoms with Crippen molar-refractivity contribution in [2.24, 2.45) is 7.05 Å². The van der Waals surface area contributed by atoms with Gasteiger partial charge < -0.3 is 24.7 Å². The number of amides is 2. The molecule has 3 aromatic rings. The molecule has 2 heterocycles. The largest absolute Gasteiger partial charge is 0.497 e. The molecule has 10 nitrogen and oxygen atoms in total. The lowest BCUT2D eigenvalue weighted by molar-refractivity contribution is -0.120. The first kappa shape index (κ1) is 27.6. The number of aryl methyl sites for hydroxylation is 1. The summed E-state index contributed by atoms with van der Waals surface area (Å²) in [6, 6.07) is 7.33. The molecule has 0 fully saturated rings. The van der Waals surface area contributed by atoms with E-state index in [1.165, 1.54) is 23.1 Å². The van der Waals surface area contributed by atoms with E-state index in [1.54, 1.807) is 25.6 Å². The number of ether oxygens (including phenoxy) is 2. The lowest BCUT2D eigenvalue weighted by Gasteiger charge is -2.12. The van der Waals surface area contributed by atoms with Gasteiger partial charge in [0.15, 0.2) is 11.0 Å². The van der Waals surface area contributed by atoms with Gasteiger partial charge in [-0.2, -0.15) is 0 Å². The number of benzene rings is 1. The van der Waals surface area contributed by atoms with Gasteiger partial charge in [-0.25, -0.2) is 4.79 Å². The number of anilines is 1. The highest BCUT2D eigenvalue weighted by atomic mass is 32.2. The lowest BCUT2D eigenvalue weighted by atomic mass is 9.95. The summed E-state index contributed by atoms with van der Waals surface area (Å²) in [6.45, 7) is 2.27. The molecular formula is C26H31N5O5S2. The topological polar surface area (TPSA) is 124 Å². The van der Waals surface area contributed by atoms with E-state index < -0.39 is 0 Å². The first-order valence-corrected chi connectivity index (χ1v) is 14.2. The van der Waals surface area contributed by atoms with Gasteiger partial charge in [0.05, 0.1) is 38.0 Å². The van der Waals surface area contributed by atoms with Crippen LogP contribution >= 0.6 is 23.1 Å². The Morgan fingerprint density at radius 1 is 1.11 bits per heavy atom. The van der Waals surface area contributed by atoms with Crippen LogP contribution in [-0.2, 0) is 47.2 Å². The molecular weight excluding hydrogens is 526 g/mol. The van der Waals surface area contributed by atoms with Crippen LogP contribution in [0.15, 0.2) is 29.4 Å². The van der Waals surface area contributed by atoms with Crippen molar-refractivity contribution in [3.8, 4) is 5.75 Å². The Kier molecular flexibility index (Phi) is 9.40. The quantitative estimate of drug-likeness (QED) is 0.271. The summed E-state index contributed by atoms with van der Waals surface area (Å²) in [5, 5.41) is 15.2. The first-order valence-electron chi connectivity index (χ1n) is 12.4. The average molecular weight is 558 g/mol. The van der Waals surface area contributed by atoms with E-state index >= 15 is 0 Å². The highest BCUT2D eigenvalue weighted by Gasteiger charge is 2.27. The van der Waals surface area contributed by atoms with Crippen molar-refractivity contribution in [3.05, 3.63) is 51.7 Å². The second-order valence-corrected chi connectivity index (χ2v) is 10.8. The number of esters is 1. The van der Waals surface area contributed by atoms with Gasteiger partial charge >= 0.3 is 5.97 Å². The molecule has 0 saturated carbocycles. The van der Waals surface area contributed by atoms with Crippen LogP contribution in [-0.4, -0.2) is 52.0 Å². The molecule has 2 amide bonds. The highest BCUT2D eigenvalue weighted by molar-refractivity contribution is 7.99. The van der Waals surface area contributed by atoms with Crippen molar-refractivity contribution >= 4 is 45.9 Å². The molecule has 12 heteroatoms. The van der Waals surface area contributed by atoms with E-state index in [-0.39, 0.29) is 43.1 Å². The van der Waals surface area contributed by atoms with Gasteiger partial charge in [-0.3, -0.25) is 9.59 Å². The molecule has 0 atom stereocenters. The molecule has 1 aliphatic rings. The summed E-state index contributed by atoms with van der Waals surface area (Å²) in [6.07, 6.45) is 4.08. The smallest absolute Gasteiger partial charge is 0.341 e. The van der Waals surface area contributed by atoms with Crippen molar-refractivity contribution < 1.29 is 23.9 Å². The van der Waals surface area contributed by atoms with Gasteiger partial charge in [0, 0.05) is 11.9 Å². The first-order chi connectivity index (χ1) is 18.4. The molecule has 1 aromatic carbocycles. The number of methoxy groups -OCH3 is 1. The molecule has 0 spiro atoms. The Hall–Kier alpha value is -3.38. The standard InChI is InChI=1S/C26H31N5O5S2/c1-4-36-25(34)23-18-7-5-6-8-19(18)38-24(23)28-22(33)15-37-26-30-29-20(31(26)2)14-27-21(32)13-16-9-11-17(35-3)12-10-16/h9-12H,4-8,13-15H2,1-3H3,(H,27,32)(H,28,33). The number of aromatic nitrogens is 3. The normalized spacial score (nSPS) is 12.5. The maximum atomic E-state index is 12.8. The second kappa shape index (κ2) is 12.9. The monoisotopic (exact) mass is 557 g/mol. The zero-order valence-corrected chi connectivity index (χ0v) is 23.3. The van der Waals surface area contributed by atoms with Crippen molar-refractivity contribution in [2.75, 3.05) is 24.8 Å². The molecule has 0 unspecified atom stereocenters. The van der Waals surface area contributed by atoms with Crippen LogP contribution in [0.4, 0.5) is 5.00 Å². The number of nitrogens with one attached hydrogen (secondary N) is 2. The van der Waals surface area contributed by atoms with E-state index in [9.17, 15) is 14.4 Å². The number of nitrogens with zero attached hydrogens (tertiary/aromatic N) is 3. The average Bonchev–Trinajstić information content (AvgIpc) is 3.46. The summed E-state index contributed by atoms with van der Waals surface area (Å²) in [4.78, 5) is 38.9. The van der Waals surface area contributed by atoms with Crippen molar-refractivity contribution in [1.29, 1.82) is 0 Å². The number of carbonyl (C=O) groups is 3. The van der Waals surface area contributed by atoms with Crippen molar-refractivity contribution in [2.45, 2.75) is 50.7 Å². The zero-order valence-electron chi connectivity index (χ0n) is 21.7. The number of carbonyl (C=O) groups excluding carboxylic acids is 3. The van der Waals surface area contributed by atoms with E-state index in [0.29, 0.717) is 21.5 Å². The molecule has 2 N–H and O–H groups in total. The van der Waals surface area contributed by atoms with E-state index in [4.69, 9.17) is 9.47 Å². The van der Waals surface area contributed by atoms with Crippen LogP contribution in [0.1, 0.15) is 52.0 Å². The number of hydrogen-bond donors (Lipinski definition) is 2. The number of thiophene rings is 1. The predicted molar refractivity (Wildman–Crippen MR) is 146 cm³/mol. The minimum absolute atomic E-state index is 0.0979. The third-order valence-corrected chi connectivity index (χ3v) is 8.36. The third-order valence-electron chi connectivity index (χ3n) is 6.13. The number of hydrogen-bond acceptors (Lipinski definition) is 9. The lowest BCUT2D eigenvalue weighted by Crippen LogP contribution is -2.26. The van der Waals surface area contributed by atoms with Crippen LogP contribution in [0.5, 0.6) is 5.75 Å². The molecule has 0 radical (unpaired) electrons. The Bertz CT molecular complexity index is 1300. The predicted octanol–water partition coefficient (Wildman–Crippen LogP) is 3.53. The molecule has 1 aliphatic carbocycles. The van der Waals surface area contributed by atoms with Crippen LogP contribution in [0.3, 0.4) is 0 Å². The Balaban J connectivity index is 1.31. The molecule has 4 rings (SSSR count). The molecule has 0 aliphatic heterocycles. The van der Waals surface area contributed by atoms with Crippen LogP contribution in [0.25, 0.3) is 0 Å². The number of rotatable bonds is 11. The van der Waals surface area contributed by atoms with Gasteiger partial charge in [-0.1, -0.05) is 23.9 Å². The fourth-order valence-electron chi connectivity index (χ4n) is 4.16. The maximum Gasteiger partial charge on any atom is 0.341 e. The minimum atomic E-state index is -0.387. The van der Waals surface area contributed by atoms with Gasteiger partial charge in [0.1, 0.15) is 10.8 Å². The van der Waals surface area contributed by atoms with Gasteiger partial charge in [0.2, 0.25) is 11.8 Å². The third kappa shape index (κ3) is 6.73. The van der Waals surface area contributed by atoms with E-state index in [1.807, 2.05) is 24.3 Å². The Labute approximate surface area is 229 Å². The molecule has 2 aromatic heterocycles. The SMILES string of the molecule is CCOC(=O)c1c(NC(=O)CSc2nnc(CNC(=O)Cc3ccc(OC)cc3)n2C)sc2c1CCCC2. The Morgan fingerprint density at radius 2 is 1.87 bits per heavy atom. The summed E-state index contributed by atoms with van der Waals surface area (Å²) < 4.78 is 12.1. The maximum absolute atomic E-state index is 12.8. The van der Waals surface area contributed by atoms with Crippen LogP contribution in [0.2, 0.25) is 0 Å². The van der Waals surface area contributed by atoms with Crippen LogP contribution in [0, 0.1) is 0 Å². The molecule has 202 valence electrons. The van der Waals surface area contributed by atoms with Gasteiger partial charge in [-0.15, -0.1) is 21.5 Å². The molecule has 38 heavy (non-hydrogen) atoms. The van der Waals surface area contributed by atoms with Crippen LogP contribution < -0.4 is 15.4 Å². The van der Waals surface area contributed by atoms with Gasteiger partial charge in [-0.05, 0) is 55.9 Å². The van der Waals surface area contributed by atoms with E-state index in [2.05, 4.69) is 20.8 Å². The second-order valence-electron chi connectivity index (χ2n) is 8.73. The molecule has 0 saturated heterocycles. The van der Waals surface area contributed by atoms with E-state index in [0.717, 1.165) is 47.4 Å². The fourth-order valence-corrected chi connectivity index (χ4v) is 6.18. The van der Waals surface area contributed by atoms with Crippen molar-refractivity contribution in [3.63, 3.8) is 0 Å². The minimum Gasteiger partial charge on any atom is -0.497 e. The fraction of sp³-hybridized carbons (Fsp3) is 0.423.